The average Bonchev–Trinajstić information content (AvgIpc) is 2.41. The van der Waals surface area contributed by atoms with Crippen LogP contribution in [0.5, 0.6) is 0 Å². The van der Waals surface area contributed by atoms with E-state index in [1.807, 2.05) is 6.92 Å². The number of benzene rings is 1. The van der Waals surface area contributed by atoms with Crippen molar-refractivity contribution in [3.8, 4) is 0 Å². The zero-order chi connectivity index (χ0) is 17.5. The minimum atomic E-state index is -3.47. The Morgan fingerprint density at radius 3 is 2.17 bits per heavy atom. The van der Waals surface area contributed by atoms with Gasteiger partial charge in [-0.05, 0) is 39.8 Å². The molecule has 0 fully saturated rings. The molecule has 0 N–H and O–H groups in total. The summed E-state index contributed by atoms with van der Waals surface area (Å²) >= 11 is 0. The molecule has 0 aliphatic rings. The predicted octanol–water partition coefficient (Wildman–Crippen LogP) is 2.10. The molecule has 0 heterocycles. The maximum Gasteiger partial charge on any atom is 0.332 e. The lowest BCUT2D eigenvalue weighted by Gasteiger charge is -2.19. The van der Waals surface area contributed by atoms with Gasteiger partial charge in [-0.2, -0.15) is 0 Å². The van der Waals surface area contributed by atoms with Gasteiger partial charge >= 0.3 is 5.97 Å². The second kappa shape index (κ2) is 8.42. The molecule has 0 bridgehead atoms. The first kappa shape index (κ1) is 19.6. The minimum Gasteiger partial charge on any atom is -0.458 e. The van der Waals surface area contributed by atoms with Crippen molar-refractivity contribution in [2.24, 2.45) is 0 Å². The van der Waals surface area contributed by atoms with Gasteiger partial charge in [0.1, 0.15) is 12.2 Å². The van der Waals surface area contributed by atoms with Crippen LogP contribution < -0.4 is 0 Å². The molecule has 0 saturated carbocycles. The number of carbonyl (C=O) groups excluding carboxylic acids is 1. The topological polar surface area (TPSA) is 78.9 Å². The number of esters is 1. The molecule has 0 amide bonds. The van der Waals surface area contributed by atoms with Gasteiger partial charge in [0.25, 0.3) is 0 Å². The molecule has 0 aliphatic carbocycles. The van der Waals surface area contributed by atoms with E-state index in [-0.39, 0.29) is 24.7 Å². The predicted molar refractivity (Wildman–Crippen MR) is 85.8 cm³/mol. The second-order valence-electron chi connectivity index (χ2n) is 6.09. The maximum absolute atomic E-state index is 12.0. The first-order valence-corrected chi connectivity index (χ1v) is 8.92. The second-order valence-corrected chi connectivity index (χ2v) is 8.03. The number of carbonyl (C=O) groups is 1. The molecule has 0 radical (unpaired) electrons. The zero-order valence-electron chi connectivity index (χ0n) is 14.0. The molecular formula is C16H24O6S. The van der Waals surface area contributed by atoms with Crippen molar-refractivity contribution < 1.29 is 27.4 Å². The van der Waals surface area contributed by atoms with Crippen molar-refractivity contribution in [2.45, 2.75) is 38.2 Å². The summed E-state index contributed by atoms with van der Waals surface area (Å²) in [5.41, 5.74) is 0.430. The highest BCUT2D eigenvalue weighted by molar-refractivity contribution is 7.91. The first-order valence-electron chi connectivity index (χ1n) is 7.27. The maximum atomic E-state index is 12.0. The van der Waals surface area contributed by atoms with Crippen LogP contribution in [-0.2, 0) is 28.8 Å². The van der Waals surface area contributed by atoms with Crippen LogP contribution in [0.1, 0.15) is 26.3 Å². The highest BCUT2D eigenvalue weighted by Crippen LogP contribution is 2.12. The molecule has 0 aliphatic heterocycles. The summed E-state index contributed by atoms with van der Waals surface area (Å²) < 4.78 is 39.3. The molecule has 6 nitrogen and oxygen atoms in total. The highest BCUT2D eigenvalue weighted by atomic mass is 32.2. The summed E-state index contributed by atoms with van der Waals surface area (Å²) in [5, 5.41) is 0. The van der Waals surface area contributed by atoms with Crippen molar-refractivity contribution in [1.82, 2.24) is 0 Å². The zero-order valence-corrected chi connectivity index (χ0v) is 14.8. The van der Waals surface area contributed by atoms with Crippen LogP contribution in [0.4, 0.5) is 0 Å². The van der Waals surface area contributed by atoms with Crippen molar-refractivity contribution >= 4 is 15.8 Å². The average molecular weight is 344 g/mol. The third-order valence-corrected chi connectivity index (χ3v) is 4.10. The lowest BCUT2D eigenvalue weighted by molar-refractivity contribution is -0.160. The third-order valence-electron chi connectivity index (χ3n) is 2.63. The van der Waals surface area contributed by atoms with Crippen LogP contribution in [0, 0.1) is 6.92 Å². The fraction of sp³-hybridized carbons (Fsp3) is 0.562. The molecule has 7 heteroatoms. The van der Waals surface area contributed by atoms with Gasteiger partial charge in [-0.3, -0.25) is 0 Å². The summed E-state index contributed by atoms with van der Waals surface area (Å²) in [4.78, 5) is 11.6. The van der Waals surface area contributed by atoms with Gasteiger partial charge in [0.2, 0.25) is 9.84 Å². The van der Waals surface area contributed by atoms with Gasteiger partial charge in [0.05, 0.1) is 18.1 Å². The normalized spacial score (nSPS) is 12.2. The Labute approximate surface area is 137 Å². The summed E-state index contributed by atoms with van der Waals surface area (Å²) in [6.07, 6.45) is 0. The van der Waals surface area contributed by atoms with E-state index in [4.69, 9.17) is 14.2 Å². The molecule has 0 saturated heterocycles. The lowest BCUT2D eigenvalue weighted by Crippen LogP contribution is -2.27. The van der Waals surface area contributed by atoms with Crippen molar-refractivity contribution in [1.29, 1.82) is 0 Å². The summed E-state index contributed by atoms with van der Waals surface area (Å²) in [6.45, 7) is 7.19. The summed E-state index contributed by atoms with van der Waals surface area (Å²) in [7, 11) is -3.47. The largest absolute Gasteiger partial charge is 0.458 e. The Hall–Kier alpha value is -1.44. The van der Waals surface area contributed by atoms with E-state index < -0.39 is 27.3 Å². The quantitative estimate of drug-likeness (QED) is 0.531. The number of ether oxygens (including phenoxy) is 3. The number of aryl methyl sites for hydroxylation is 1. The Morgan fingerprint density at radius 2 is 1.61 bits per heavy atom. The fourth-order valence-electron chi connectivity index (χ4n) is 1.63. The van der Waals surface area contributed by atoms with Crippen LogP contribution in [0.25, 0.3) is 0 Å². The van der Waals surface area contributed by atoms with Crippen LogP contribution in [0.2, 0.25) is 0 Å². The molecule has 23 heavy (non-hydrogen) atoms. The molecule has 0 atom stereocenters. The van der Waals surface area contributed by atoms with Gasteiger partial charge < -0.3 is 14.2 Å². The van der Waals surface area contributed by atoms with Gasteiger partial charge in [0.15, 0.2) is 5.94 Å². The van der Waals surface area contributed by atoms with E-state index in [0.29, 0.717) is 0 Å². The summed E-state index contributed by atoms with van der Waals surface area (Å²) in [6, 6.07) is 6.56. The Morgan fingerprint density at radius 1 is 1.04 bits per heavy atom. The molecular weight excluding hydrogens is 320 g/mol. The molecule has 1 aromatic carbocycles. The van der Waals surface area contributed by atoms with E-state index >= 15 is 0 Å². The van der Waals surface area contributed by atoms with E-state index in [0.717, 1.165) is 5.56 Å². The highest BCUT2D eigenvalue weighted by Gasteiger charge is 2.16. The SMILES string of the molecule is Cc1ccc(S(=O)(=O)COCCOCC(=O)OC(C)(C)C)cc1. The van der Waals surface area contributed by atoms with E-state index in [1.165, 1.54) is 0 Å². The van der Waals surface area contributed by atoms with Crippen LogP contribution in [0.3, 0.4) is 0 Å². The number of hydrogen-bond acceptors (Lipinski definition) is 6. The van der Waals surface area contributed by atoms with Gasteiger partial charge in [-0.15, -0.1) is 0 Å². The molecule has 0 unspecified atom stereocenters. The van der Waals surface area contributed by atoms with Gasteiger partial charge in [-0.25, -0.2) is 13.2 Å². The van der Waals surface area contributed by atoms with Gasteiger partial charge in [0, 0.05) is 0 Å². The van der Waals surface area contributed by atoms with Crippen LogP contribution in [-0.4, -0.2) is 45.7 Å². The third kappa shape index (κ3) is 8.11. The minimum absolute atomic E-state index is 0.0773. The summed E-state index contributed by atoms with van der Waals surface area (Å²) in [5.74, 6) is -0.893. The number of rotatable bonds is 8. The van der Waals surface area contributed by atoms with Crippen molar-refractivity contribution in [3.05, 3.63) is 29.8 Å². The monoisotopic (exact) mass is 344 g/mol. The molecule has 1 aromatic rings. The van der Waals surface area contributed by atoms with Crippen molar-refractivity contribution in [2.75, 3.05) is 25.8 Å². The van der Waals surface area contributed by atoms with Crippen LogP contribution >= 0.6 is 0 Å². The smallest absolute Gasteiger partial charge is 0.332 e. The first-order chi connectivity index (χ1) is 10.6. The van der Waals surface area contributed by atoms with E-state index in [1.54, 1.807) is 45.0 Å². The standard InChI is InChI=1S/C16H24O6S/c1-13-5-7-14(8-6-13)23(18,19)12-21-10-9-20-11-15(17)22-16(2,3)4/h5-8H,9-12H2,1-4H3. The Balaban J connectivity index is 2.24. The molecule has 0 spiro atoms. The lowest BCUT2D eigenvalue weighted by atomic mass is 10.2. The van der Waals surface area contributed by atoms with Crippen LogP contribution in [0.15, 0.2) is 29.2 Å². The number of sulfone groups is 1. The van der Waals surface area contributed by atoms with Gasteiger partial charge in [-0.1, -0.05) is 17.7 Å². The molecule has 0 aromatic heterocycles. The van der Waals surface area contributed by atoms with E-state index in [9.17, 15) is 13.2 Å². The molecule has 1 rings (SSSR count). The van der Waals surface area contributed by atoms with Crippen molar-refractivity contribution in [3.63, 3.8) is 0 Å². The number of hydrogen-bond donors (Lipinski definition) is 0. The Kier molecular flexibility index (Phi) is 7.18. The fourth-order valence-corrected chi connectivity index (χ4v) is 2.65. The Bertz CT molecular complexity index is 598. The molecule has 130 valence electrons. The van der Waals surface area contributed by atoms with E-state index in [2.05, 4.69) is 0 Å².